The molecule has 1 aliphatic rings. The zero-order chi connectivity index (χ0) is 33.8. The zero-order valence-corrected chi connectivity index (χ0v) is 26.9. The first-order valence-corrected chi connectivity index (χ1v) is 15.0. The van der Waals surface area contributed by atoms with Gasteiger partial charge in [-0.05, 0) is 61.2 Å². The summed E-state index contributed by atoms with van der Waals surface area (Å²) in [5, 5.41) is 20.1. The predicted molar refractivity (Wildman–Crippen MR) is 177 cm³/mol. The fourth-order valence-electron chi connectivity index (χ4n) is 4.93. The van der Waals surface area contributed by atoms with Gasteiger partial charge >= 0.3 is 12.0 Å². The van der Waals surface area contributed by atoms with E-state index < -0.39 is 24.3 Å². The van der Waals surface area contributed by atoms with E-state index >= 15 is 0 Å². The van der Waals surface area contributed by atoms with Crippen molar-refractivity contribution in [3.8, 4) is 23.0 Å². The largest absolute Gasteiger partial charge is 0.493 e. The Morgan fingerprint density at radius 3 is 2.55 bits per heavy atom. The van der Waals surface area contributed by atoms with Gasteiger partial charge < -0.3 is 39.4 Å². The maximum Gasteiger partial charge on any atom is 0.337 e. The van der Waals surface area contributed by atoms with Crippen LogP contribution in [0.3, 0.4) is 0 Å². The summed E-state index contributed by atoms with van der Waals surface area (Å²) in [5.74, 6) is 1.32. The molecule has 0 spiro atoms. The van der Waals surface area contributed by atoms with E-state index in [0.29, 0.717) is 53.9 Å². The van der Waals surface area contributed by atoms with E-state index in [1.165, 1.54) is 7.11 Å². The molecule has 3 aromatic carbocycles. The van der Waals surface area contributed by atoms with Gasteiger partial charge in [0.1, 0.15) is 13.2 Å². The molecule has 2 atom stereocenters. The Hall–Kier alpha value is -5.49. The van der Waals surface area contributed by atoms with Crippen molar-refractivity contribution in [3.63, 3.8) is 0 Å². The smallest absolute Gasteiger partial charge is 0.337 e. The fourth-order valence-corrected chi connectivity index (χ4v) is 4.93. The number of allylic oxidation sites excluding steroid dienone is 2. The molecule has 12 nitrogen and oxygen atoms in total. The van der Waals surface area contributed by atoms with Gasteiger partial charge in [0.2, 0.25) is 0 Å². The Morgan fingerprint density at radius 1 is 1.06 bits per heavy atom. The predicted octanol–water partition coefficient (Wildman–Crippen LogP) is 4.52. The van der Waals surface area contributed by atoms with E-state index in [1.54, 1.807) is 50.6 Å². The number of aliphatic hydroxyl groups excluding tert-OH is 1. The standard InChI is InChI=1S/C35H40N4O8/c1-6-11-26-16-24(17-29(43-4)33(26)47-20-23-12-9-8-10-13-23)19-36-39-30(40)21-46-27-15-14-25(18-28(27)45-7-2)32-31(34(41)44-5)22(3)37-35(42)38-32/h6,8-10,12-19,30,32,39-40H,1,7,11,20-21H2,2-5H3,(H2,37,38,42)/b36-19-/t30-,32+/m0/s1. The first-order valence-electron chi connectivity index (χ1n) is 15.0. The molecular formula is C35H40N4O8. The maximum atomic E-state index is 12.5. The van der Waals surface area contributed by atoms with Crippen LogP contribution < -0.4 is 35.0 Å². The highest BCUT2D eigenvalue weighted by Gasteiger charge is 2.32. The number of benzene rings is 3. The minimum absolute atomic E-state index is 0.162. The Kier molecular flexibility index (Phi) is 12.2. The van der Waals surface area contributed by atoms with Gasteiger partial charge in [-0.1, -0.05) is 42.5 Å². The number of nitrogens with zero attached hydrogens (tertiary/aromatic N) is 1. The summed E-state index contributed by atoms with van der Waals surface area (Å²) in [6.45, 7) is 7.85. The normalized spacial score (nSPS) is 14.9. The summed E-state index contributed by atoms with van der Waals surface area (Å²) >= 11 is 0. The van der Waals surface area contributed by atoms with Gasteiger partial charge in [0.15, 0.2) is 29.2 Å². The number of carbonyl (C=O) groups is 2. The van der Waals surface area contributed by atoms with Crippen LogP contribution in [0.15, 0.2) is 89.7 Å². The first kappa shape index (κ1) is 34.4. The summed E-state index contributed by atoms with van der Waals surface area (Å²) < 4.78 is 28.3. The van der Waals surface area contributed by atoms with Crippen molar-refractivity contribution in [1.82, 2.24) is 16.1 Å². The summed E-state index contributed by atoms with van der Waals surface area (Å²) in [6, 6.07) is 17.4. The Balaban J connectivity index is 1.42. The number of hydrogen-bond donors (Lipinski definition) is 4. The summed E-state index contributed by atoms with van der Waals surface area (Å²) in [6.07, 6.45) is 2.73. The molecule has 0 bridgehead atoms. The molecule has 248 valence electrons. The number of urea groups is 1. The number of aliphatic hydroxyl groups is 1. The molecule has 0 aromatic heterocycles. The quantitative estimate of drug-likeness (QED) is 0.0581. The third kappa shape index (κ3) is 9.04. The molecule has 0 radical (unpaired) electrons. The minimum Gasteiger partial charge on any atom is -0.493 e. The number of ether oxygens (including phenoxy) is 5. The molecule has 4 rings (SSSR count). The molecule has 12 heteroatoms. The van der Waals surface area contributed by atoms with Crippen LogP contribution in [-0.4, -0.2) is 57.0 Å². The molecule has 1 heterocycles. The number of nitrogens with one attached hydrogen (secondary N) is 3. The molecule has 1 aliphatic heterocycles. The fraction of sp³-hybridized carbons (Fsp3) is 0.286. The van der Waals surface area contributed by atoms with E-state index in [4.69, 9.17) is 23.7 Å². The SMILES string of the molecule is C=CCc1cc(/C=N\N[C@@H](O)COc2ccc([C@H]3NC(=O)NC(C)=C3C(=O)OC)cc2OCC)cc(OC)c1OCc1ccccc1. The number of esters is 1. The van der Waals surface area contributed by atoms with Gasteiger partial charge in [-0.15, -0.1) is 6.58 Å². The molecule has 0 saturated carbocycles. The minimum atomic E-state index is -1.16. The van der Waals surface area contributed by atoms with Crippen LogP contribution in [0.2, 0.25) is 0 Å². The average molecular weight is 645 g/mol. The summed E-state index contributed by atoms with van der Waals surface area (Å²) in [7, 11) is 2.85. The highest BCUT2D eigenvalue weighted by atomic mass is 16.5. The number of amides is 2. The molecule has 0 aliphatic carbocycles. The van der Waals surface area contributed by atoms with Gasteiger partial charge in [0, 0.05) is 11.3 Å². The Morgan fingerprint density at radius 2 is 1.85 bits per heavy atom. The zero-order valence-electron chi connectivity index (χ0n) is 26.9. The van der Waals surface area contributed by atoms with E-state index in [9.17, 15) is 14.7 Å². The van der Waals surface area contributed by atoms with Crippen molar-refractivity contribution in [3.05, 3.63) is 107 Å². The topological polar surface area (TPSA) is 149 Å². The number of rotatable bonds is 16. The second kappa shape index (κ2) is 16.7. The van der Waals surface area contributed by atoms with Crippen LogP contribution in [0, 0.1) is 0 Å². The van der Waals surface area contributed by atoms with Gasteiger partial charge in [-0.25, -0.2) is 9.59 Å². The lowest BCUT2D eigenvalue weighted by Crippen LogP contribution is -2.45. The molecule has 0 fully saturated rings. The number of hydrazone groups is 1. The van der Waals surface area contributed by atoms with Crippen molar-refractivity contribution < 1.29 is 38.4 Å². The molecule has 47 heavy (non-hydrogen) atoms. The number of hydrogen-bond acceptors (Lipinski definition) is 10. The van der Waals surface area contributed by atoms with Crippen LogP contribution in [0.5, 0.6) is 23.0 Å². The molecule has 0 saturated heterocycles. The van der Waals surface area contributed by atoms with Crippen LogP contribution in [0.1, 0.15) is 42.1 Å². The monoisotopic (exact) mass is 644 g/mol. The second-order valence-electron chi connectivity index (χ2n) is 10.4. The molecule has 4 N–H and O–H groups in total. The van der Waals surface area contributed by atoms with E-state index in [2.05, 4.69) is 27.7 Å². The van der Waals surface area contributed by atoms with E-state index in [1.807, 2.05) is 43.3 Å². The maximum absolute atomic E-state index is 12.5. The lowest BCUT2D eigenvalue weighted by atomic mass is 9.95. The van der Waals surface area contributed by atoms with Crippen molar-refractivity contribution in [1.29, 1.82) is 0 Å². The van der Waals surface area contributed by atoms with Gasteiger partial charge in [-0.3, -0.25) is 5.43 Å². The van der Waals surface area contributed by atoms with E-state index in [0.717, 1.165) is 16.7 Å². The molecule has 0 unspecified atom stereocenters. The Labute approximate surface area is 274 Å². The van der Waals surface area contributed by atoms with Gasteiger partial charge in [0.25, 0.3) is 0 Å². The third-order valence-corrected chi connectivity index (χ3v) is 7.07. The number of methoxy groups -OCH3 is 2. The second-order valence-corrected chi connectivity index (χ2v) is 10.4. The lowest BCUT2D eigenvalue weighted by molar-refractivity contribution is -0.136. The van der Waals surface area contributed by atoms with E-state index in [-0.39, 0.29) is 12.2 Å². The van der Waals surface area contributed by atoms with Crippen LogP contribution in [0.4, 0.5) is 4.79 Å². The van der Waals surface area contributed by atoms with Crippen molar-refractivity contribution >= 4 is 18.2 Å². The summed E-state index contributed by atoms with van der Waals surface area (Å²) in [5.41, 5.74) is 6.53. The van der Waals surface area contributed by atoms with Gasteiger partial charge in [0.05, 0.1) is 38.7 Å². The molecular weight excluding hydrogens is 604 g/mol. The average Bonchev–Trinajstić information content (AvgIpc) is 3.07. The highest BCUT2D eigenvalue weighted by Crippen LogP contribution is 2.36. The number of carbonyl (C=O) groups excluding carboxylic acids is 2. The highest BCUT2D eigenvalue weighted by molar-refractivity contribution is 5.95. The van der Waals surface area contributed by atoms with Crippen LogP contribution in [-0.2, 0) is 22.6 Å². The van der Waals surface area contributed by atoms with Gasteiger partial charge in [-0.2, -0.15) is 5.10 Å². The molecule has 2 amide bonds. The first-order chi connectivity index (χ1) is 22.8. The lowest BCUT2D eigenvalue weighted by Gasteiger charge is -2.28. The van der Waals surface area contributed by atoms with Crippen LogP contribution >= 0.6 is 0 Å². The van der Waals surface area contributed by atoms with Crippen molar-refractivity contribution in [2.75, 3.05) is 27.4 Å². The van der Waals surface area contributed by atoms with Crippen molar-refractivity contribution in [2.24, 2.45) is 5.10 Å². The van der Waals surface area contributed by atoms with Crippen molar-refractivity contribution in [2.45, 2.75) is 39.1 Å². The Bertz CT molecular complexity index is 1620. The molecule has 3 aromatic rings. The summed E-state index contributed by atoms with van der Waals surface area (Å²) in [4.78, 5) is 24.7. The third-order valence-electron chi connectivity index (χ3n) is 7.07. The van der Waals surface area contributed by atoms with Crippen LogP contribution in [0.25, 0.3) is 0 Å².